The van der Waals surface area contributed by atoms with E-state index in [1.807, 2.05) is 13.8 Å². The van der Waals surface area contributed by atoms with Crippen LogP contribution >= 0.6 is 0 Å². The monoisotopic (exact) mass is 286 g/mol. The summed E-state index contributed by atoms with van der Waals surface area (Å²) in [7, 11) is 0. The average Bonchev–Trinajstić information content (AvgIpc) is 2.44. The number of carbonyl (C=O) groups excluding carboxylic acids is 1. The van der Waals surface area contributed by atoms with Crippen LogP contribution in [0, 0.1) is 0 Å². The molecule has 1 aliphatic rings. The second-order valence-corrected chi connectivity index (χ2v) is 5.10. The van der Waals surface area contributed by atoms with Crippen LogP contribution in [0.2, 0.25) is 0 Å². The predicted molar refractivity (Wildman–Crippen MR) is 76.8 cm³/mol. The Hall–Kier alpha value is -1.34. The first-order chi connectivity index (χ1) is 9.54. The molecule has 0 aliphatic carbocycles. The highest BCUT2D eigenvalue weighted by atomic mass is 16.4. The van der Waals surface area contributed by atoms with Crippen LogP contribution in [0.4, 0.5) is 4.79 Å². The molecule has 0 bridgehead atoms. The molecule has 7 heteroatoms. The normalized spacial score (nSPS) is 17.5. The van der Waals surface area contributed by atoms with E-state index in [1.54, 1.807) is 0 Å². The van der Waals surface area contributed by atoms with E-state index >= 15 is 0 Å². The third kappa shape index (κ3) is 5.75. The van der Waals surface area contributed by atoms with Crippen LogP contribution < -0.4 is 10.6 Å². The van der Waals surface area contributed by atoms with E-state index in [1.165, 1.54) is 4.90 Å². The molecule has 1 aliphatic heterocycles. The summed E-state index contributed by atoms with van der Waals surface area (Å²) in [5.41, 5.74) is 0. The number of carbonyl (C=O) groups is 2. The SMILES string of the molecule is CCC(C)N(CC(=O)O)C(=O)NCCN1CCNCC1. The molecule has 0 saturated carbocycles. The number of piperazine rings is 1. The fourth-order valence-corrected chi connectivity index (χ4v) is 2.15. The maximum absolute atomic E-state index is 12.0. The Bertz CT molecular complexity index is 319. The van der Waals surface area contributed by atoms with Gasteiger partial charge in [0.05, 0.1) is 0 Å². The number of carboxylic acids is 1. The topological polar surface area (TPSA) is 84.9 Å². The molecule has 0 aromatic heterocycles. The van der Waals surface area contributed by atoms with Crippen molar-refractivity contribution in [1.29, 1.82) is 0 Å². The van der Waals surface area contributed by atoms with Gasteiger partial charge in [0.25, 0.3) is 0 Å². The largest absolute Gasteiger partial charge is 0.480 e. The highest BCUT2D eigenvalue weighted by Crippen LogP contribution is 2.03. The van der Waals surface area contributed by atoms with E-state index < -0.39 is 5.97 Å². The Morgan fingerprint density at radius 1 is 1.40 bits per heavy atom. The quantitative estimate of drug-likeness (QED) is 0.603. The lowest BCUT2D eigenvalue weighted by atomic mass is 10.2. The minimum Gasteiger partial charge on any atom is -0.480 e. The minimum absolute atomic E-state index is 0.0784. The van der Waals surface area contributed by atoms with E-state index in [0.29, 0.717) is 6.54 Å². The molecule has 7 nitrogen and oxygen atoms in total. The van der Waals surface area contributed by atoms with Crippen molar-refractivity contribution in [2.75, 3.05) is 45.8 Å². The van der Waals surface area contributed by atoms with Gasteiger partial charge in [-0.15, -0.1) is 0 Å². The van der Waals surface area contributed by atoms with Crippen LogP contribution in [0.3, 0.4) is 0 Å². The van der Waals surface area contributed by atoms with Crippen LogP contribution in [-0.4, -0.2) is 78.8 Å². The molecule has 0 aromatic rings. The molecule has 3 N–H and O–H groups in total. The smallest absolute Gasteiger partial charge is 0.323 e. The summed E-state index contributed by atoms with van der Waals surface area (Å²) in [6.07, 6.45) is 0.735. The summed E-state index contributed by atoms with van der Waals surface area (Å²) in [6, 6.07) is -0.373. The molecule has 116 valence electrons. The summed E-state index contributed by atoms with van der Waals surface area (Å²) >= 11 is 0. The van der Waals surface area contributed by atoms with Crippen LogP contribution in [-0.2, 0) is 4.79 Å². The molecule has 1 atom stereocenters. The van der Waals surface area contributed by atoms with Gasteiger partial charge >= 0.3 is 12.0 Å². The van der Waals surface area contributed by atoms with Crippen molar-refractivity contribution < 1.29 is 14.7 Å². The van der Waals surface area contributed by atoms with Gasteiger partial charge in [0.2, 0.25) is 0 Å². The number of hydrogen-bond donors (Lipinski definition) is 3. The zero-order chi connectivity index (χ0) is 15.0. The molecule has 1 heterocycles. The predicted octanol–water partition coefficient (Wildman–Crippen LogP) is -0.214. The molecule has 0 radical (unpaired) electrons. The second-order valence-electron chi connectivity index (χ2n) is 5.10. The molecule has 1 saturated heterocycles. The van der Waals surface area contributed by atoms with E-state index in [9.17, 15) is 9.59 Å². The Balaban J connectivity index is 2.34. The number of carboxylic acid groups (broad SMARTS) is 1. The molecule has 1 unspecified atom stereocenters. The summed E-state index contributed by atoms with van der Waals surface area (Å²) in [5, 5.41) is 15.0. The molecule has 20 heavy (non-hydrogen) atoms. The lowest BCUT2D eigenvalue weighted by Crippen LogP contribution is -2.50. The van der Waals surface area contributed by atoms with E-state index in [2.05, 4.69) is 15.5 Å². The van der Waals surface area contributed by atoms with Crippen molar-refractivity contribution in [3.05, 3.63) is 0 Å². The zero-order valence-electron chi connectivity index (χ0n) is 12.4. The lowest BCUT2D eigenvalue weighted by Gasteiger charge is -2.29. The first kappa shape index (κ1) is 16.7. The number of urea groups is 1. The summed E-state index contributed by atoms with van der Waals surface area (Å²) < 4.78 is 0. The summed E-state index contributed by atoms with van der Waals surface area (Å²) in [6.45, 7) is 8.82. The van der Waals surface area contributed by atoms with Gasteiger partial charge < -0.3 is 20.6 Å². The third-order valence-corrected chi connectivity index (χ3v) is 3.60. The number of rotatable bonds is 7. The molecular formula is C13H26N4O3. The first-order valence-electron chi connectivity index (χ1n) is 7.24. The van der Waals surface area contributed by atoms with E-state index in [-0.39, 0.29) is 18.6 Å². The maximum atomic E-state index is 12.0. The van der Waals surface area contributed by atoms with Gasteiger partial charge in [-0.05, 0) is 13.3 Å². The van der Waals surface area contributed by atoms with Gasteiger partial charge in [-0.3, -0.25) is 9.69 Å². The average molecular weight is 286 g/mol. The van der Waals surface area contributed by atoms with Crippen molar-refractivity contribution >= 4 is 12.0 Å². The van der Waals surface area contributed by atoms with Gasteiger partial charge in [0, 0.05) is 45.3 Å². The Morgan fingerprint density at radius 2 is 2.05 bits per heavy atom. The van der Waals surface area contributed by atoms with Gasteiger partial charge in [-0.2, -0.15) is 0 Å². The van der Waals surface area contributed by atoms with E-state index in [4.69, 9.17) is 5.11 Å². The Labute approximate surface area is 120 Å². The fraction of sp³-hybridized carbons (Fsp3) is 0.846. The van der Waals surface area contributed by atoms with Crippen LogP contribution in [0.15, 0.2) is 0 Å². The molecule has 1 fully saturated rings. The van der Waals surface area contributed by atoms with Gasteiger partial charge in [-0.25, -0.2) is 4.79 Å². The van der Waals surface area contributed by atoms with Crippen molar-refractivity contribution in [2.45, 2.75) is 26.3 Å². The highest BCUT2D eigenvalue weighted by molar-refractivity contribution is 5.80. The van der Waals surface area contributed by atoms with Gasteiger partial charge in [-0.1, -0.05) is 6.92 Å². The lowest BCUT2D eigenvalue weighted by molar-refractivity contribution is -0.138. The second kappa shape index (κ2) is 8.76. The minimum atomic E-state index is -0.984. The maximum Gasteiger partial charge on any atom is 0.323 e. The summed E-state index contributed by atoms with van der Waals surface area (Å²) in [5.74, 6) is -0.984. The number of amides is 2. The van der Waals surface area contributed by atoms with Crippen molar-refractivity contribution in [1.82, 2.24) is 20.4 Å². The Kier molecular flexibility index (Phi) is 7.32. The van der Waals surface area contributed by atoms with Gasteiger partial charge in [0.1, 0.15) is 6.54 Å². The van der Waals surface area contributed by atoms with Crippen molar-refractivity contribution in [3.8, 4) is 0 Å². The van der Waals surface area contributed by atoms with Crippen LogP contribution in [0.25, 0.3) is 0 Å². The summed E-state index contributed by atoms with van der Waals surface area (Å²) in [4.78, 5) is 26.5. The molecular weight excluding hydrogens is 260 g/mol. The number of hydrogen-bond acceptors (Lipinski definition) is 4. The van der Waals surface area contributed by atoms with Crippen molar-refractivity contribution in [3.63, 3.8) is 0 Å². The van der Waals surface area contributed by atoms with Gasteiger partial charge in [0.15, 0.2) is 0 Å². The Morgan fingerprint density at radius 3 is 2.60 bits per heavy atom. The first-order valence-corrected chi connectivity index (χ1v) is 7.24. The van der Waals surface area contributed by atoms with E-state index in [0.717, 1.165) is 39.1 Å². The number of aliphatic carboxylic acids is 1. The number of nitrogens with zero attached hydrogens (tertiary/aromatic N) is 2. The zero-order valence-corrected chi connectivity index (χ0v) is 12.4. The highest BCUT2D eigenvalue weighted by Gasteiger charge is 2.21. The third-order valence-electron chi connectivity index (χ3n) is 3.60. The number of nitrogens with one attached hydrogen (secondary N) is 2. The molecule has 0 aromatic carbocycles. The molecule has 1 rings (SSSR count). The fourth-order valence-electron chi connectivity index (χ4n) is 2.15. The van der Waals surface area contributed by atoms with Crippen LogP contribution in [0.1, 0.15) is 20.3 Å². The molecule has 0 spiro atoms. The molecule has 2 amide bonds. The standard InChI is InChI=1S/C13H26N4O3/c1-3-11(2)17(10-12(18)19)13(20)15-6-9-16-7-4-14-5-8-16/h11,14H,3-10H2,1-2H3,(H,15,20)(H,18,19). The van der Waals surface area contributed by atoms with Crippen LogP contribution in [0.5, 0.6) is 0 Å². The van der Waals surface area contributed by atoms with Crippen molar-refractivity contribution in [2.24, 2.45) is 0 Å².